The lowest BCUT2D eigenvalue weighted by Gasteiger charge is -2.16. The second-order valence-electron chi connectivity index (χ2n) is 6.98. The smallest absolute Gasteiger partial charge is 0.269 e. The van der Waals surface area contributed by atoms with Gasteiger partial charge in [-0.1, -0.05) is 72.6 Å². The van der Waals surface area contributed by atoms with Gasteiger partial charge < -0.3 is 9.30 Å². The minimum Gasteiger partial charge on any atom is -0.494 e. The van der Waals surface area contributed by atoms with Crippen LogP contribution in [0.2, 0.25) is 10.0 Å². The van der Waals surface area contributed by atoms with Crippen molar-refractivity contribution in [1.29, 1.82) is 0 Å². The van der Waals surface area contributed by atoms with Gasteiger partial charge in [-0.15, -0.1) is 0 Å². The number of benzene rings is 2. The fraction of sp³-hybridized carbons (Fsp3) is 0.292. The van der Waals surface area contributed by atoms with E-state index in [0.29, 0.717) is 24.6 Å². The van der Waals surface area contributed by atoms with Crippen molar-refractivity contribution in [2.24, 2.45) is 0 Å². The number of aromatic nitrogens is 1. The molecule has 1 aromatic heterocycles. The SMILES string of the molecule is CCCOc1cccc(CCc2c(Cl)cc(Cl)c(=O)n2CCc2ccccc2)c1. The van der Waals surface area contributed by atoms with E-state index in [1.807, 2.05) is 36.4 Å². The molecular formula is C24H25Cl2NO2. The molecule has 152 valence electrons. The van der Waals surface area contributed by atoms with E-state index in [-0.39, 0.29) is 10.6 Å². The van der Waals surface area contributed by atoms with Crippen LogP contribution in [0.15, 0.2) is 65.5 Å². The molecule has 5 heteroatoms. The van der Waals surface area contributed by atoms with Gasteiger partial charge in [0.25, 0.3) is 5.56 Å². The van der Waals surface area contributed by atoms with E-state index in [2.05, 4.69) is 25.1 Å². The third kappa shape index (κ3) is 5.88. The molecule has 1 heterocycles. The third-order valence-electron chi connectivity index (χ3n) is 4.79. The number of pyridine rings is 1. The summed E-state index contributed by atoms with van der Waals surface area (Å²) in [4.78, 5) is 12.7. The molecule has 0 atom stereocenters. The molecule has 3 nitrogen and oxygen atoms in total. The normalized spacial score (nSPS) is 10.9. The van der Waals surface area contributed by atoms with Gasteiger partial charge in [0.05, 0.1) is 11.6 Å². The highest BCUT2D eigenvalue weighted by molar-refractivity contribution is 6.34. The second-order valence-corrected chi connectivity index (χ2v) is 7.79. The maximum Gasteiger partial charge on any atom is 0.269 e. The molecule has 0 N–H and O–H groups in total. The van der Waals surface area contributed by atoms with Crippen molar-refractivity contribution in [1.82, 2.24) is 4.57 Å². The predicted molar refractivity (Wildman–Crippen MR) is 121 cm³/mol. The van der Waals surface area contributed by atoms with Crippen LogP contribution < -0.4 is 10.3 Å². The van der Waals surface area contributed by atoms with E-state index in [1.165, 1.54) is 5.56 Å². The first kappa shape index (κ1) is 21.5. The van der Waals surface area contributed by atoms with Crippen LogP contribution in [0.4, 0.5) is 0 Å². The van der Waals surface area contributed by atoms with Gasteiger partial charge in [-0.3, -0.25) is 4.79 Å². The molecule has 29 heavy (non-hydrogen) atoms. The molecule has 0 bridgehead atoms. The molecule has 0 saturated heterocycles. The molecule has 0 radical (unpaired) electrons. The maximum absolute atomic E-state index is 12.7. The first-order valence-electron chi connectivity index (χ1n) is 9.92. The van der Waals surface area contributed by atoms with Gasteiger partial charge in [0.15, 0.2) is 0 Å². The minimum absolute atomic E-state index is 0.154. The number of rotatable bonds is 9. The Morgan fingerprint density at radius 2 is 1.62 bits per heavy atom. The predicted octanol–water partition coefficient (Wildman–Crippen LogP) is 5.97. The van der Waals surface area contributed by atoms with Crippen LogP contribution in [-0.2, 0) is 25.8 Å². The Morgan fingerprint density at radius 1 is 0.862 bits per heavy atom. The van der Waals surface area contributed by atoms with Gasteiger partial charge in [0.1, 0.15) is 10.8 Å². The van der Waals surface area contributed by atoms with Crippen LogP contribution in [0, 0.1) is 0 Å². The van der Waals surface area contributed by atoms with E-state index in [0.717, 1.165) is 36.3 Å². The number of nitrogens with zero attached hydrogens (tertiary/aromatic N) is 1. The summed E-state index contributed by atoms with van der Waals surface area (Å²) in [5, 5.41) is 0.683. The minimum atomic E-state index is -0.193. The number of halogens is 2. The zero-order valence-corrected chi connectivity index (χ0v) is 18.0. The van der Waals surface area contributed by atoms with E-state index in [9.17, 15) is 4.79 Å². The maximum atomic E-state index is 12.7. The van der Waals surface area contributed by atoms with Gasteiger partial charge in [0.2, 0.25) is 0 Å². The summed E-state index contributed by atoms with van der Waals surface area (Å²) < 4.78 is 7.44. The zero-order chi connectivity index (χ0) is 20.6. The Hall–Kier alpha value is -2.23. The Morgan fingerprint density at radius 3 is 2.38 bits per heavy atom. The van der Waals surface area contributed by atoms with Crippen LogP contribution in [0.5, 0.6) is 5.75 Å². The standard InChI is InChI=1S/C24H25Cl2NO2/c1-2-15-29-20-10-6-9-19(16-20)11-12-23-21(25)17-22(26)24(28)27(23)14-13-18-7-4-3-5-8-18/h3-10,16-17H,2,11-15H2,1H3. The highest BCUT2D eigenvalue weighted by atomic mass is 35.5. The Balaban J connectivity index is 1.79. The largest absolute Gasteiger partial charge is 0.494 e. The Kier molecular flexibility index (Phi) is 7.79. The van der Waals surface area contributed by atoms with Crippen LogP contribution in [0.1, 0.15) is 30.2 Å². The number of hydrogen-bond donors (Lipinski definition) is 0. The molecular weight excluding hydrogens is 405 g/mol. The second kappa shape index (κ2) is 10.5. The lowest BCUT2D eigenvalue weighted by atomic mass is 10.1. The van der Waals surface area contributed by atoms with Gasteiger partial charge in [-0.2, -0.15) is 0 Å². The molecule has 0 fully saturated rings. The van der Waals surface area contributed by atoms with Crippen molar-refractivity contribution in [2.75, 3.05) is 6.61 Å². The number of ether oxygens (including phenoxy) is 1. The van der Waals surface area contributed by atoms with E-state index in [4.69, 9.17) is 27.9 Å². The molecule has 0 aliphatic carbocycles. The molecule has 0 aliphatic rings. The molecule has 0 spiro atoms. The average molecular weight is 430 g/mol. The van der Waals surface area contributed by atoms with Crippen molar-refractivity contribution >= 4 is 23.2 Å². The summed E-state index contributed by atoms with van der Waals surface area (Å²) in [6, 6.07) is 19.7. The summed E-state index contributed by atoms with van der Waals surface area (Å²) in [5.74, 6) is 0.869. The van der Waals surface area contributed by atoms with Crippen molar-refractivity contribution < 1.29 is 4.74 Å². The first-order valence-corrected chi connectivity index (χ1v) is 10.7. The van der Waals surface area contributed by atoms with Crippen molar-refractivity contribution in [3.63, 3.8) is 0 Å². The lowest BCUT2D eigenvalue weighted by Crippen LogP contribution is -2.25. The Bertz CT molecular complexity index is 1000. The Labute approximate surface area is 181 Å². The van der Waals surface area contributed by atoms with E-state index in [1.54, 1.807) is 10.6 Å². The van der Waals surface area contributed by atoms with Gasteiger partial charge >= 0.3 is 0 Å². The molecule has 3 aromatic rings. The van der Waals surface area contributed by atoms with Crippen molar-refractivity contribution in [2.45, 2.75) is 39.2 Å². The highest BCUT2D eigenvalue weighted by Gasteiger charge is 2.13. The third-order valence-corrected chi connectivity index (χ3v) is 5.39. The van der Waals surface area contributed by atoms with E-state index < -0.39 is 0 Å². The number of hydrogen-bond acceptors (Lipinski definition) is 2. The highest BCUT2D eigenvalue weighted by Crippen LogP contribution is 2.22. The summed E-state index contributed by atoms with van der Waals surface area (Å²) in [7, 11) is 0. The fourth-order valence-electron chi connectivity index (χ4n) is 3.29. The topological polar surface area (TPSA) is 31.2 Å². The summed E-state index contributed by atoms with van der Waals surface area (Å²) in [6.07, 6.45) is 3.12. The quantitative estimate of drug-likeness (QED) is 0.419. The molecule has 0 saturated carbocycles. The fourth-order valence-corrected chi connectivity index (χ4v) is 3.86. The molecule has 0 amide bonds. The van der Waals surface area contributed by atoms with Gasteiger partial charge in [-0.25, -0.2) is 0 Å². The zero-order valence-electron chi connectivity index (χ0n) is 16.5. The van der Waals surface area contributed by atoms with Crippen molar-refractivity contribution in [3.8, 4) is 5.75 Å². The average Bonchev–Trinajstić information content (AvgIpc) is 2.74. The van der Waals surface area contributed by atoms with Crippen LogP contribution in [-0.4, -0.2) is 11.2 Å². The van der Waals surface area contributed by atoms with Crippen molar-refractivity contribution in [3.05, 3.63) is 97.9 Å². The van der Waals surface area contributed by atoms with Gasteiger partial charge in [-0.05, 0) is 55.0 Å². The molecule has 0 aliphatic heterocycles. The van der Waals surface area contributed by atoms with Gasteiger partial charge in [0, 0.05) is 12.2 Å². The molecule has 3 rings (SSSR count). The van der Waals surface area contributed by atoms with E-state index >= 15 is 0 Å². The monoisotopic (exact) mass is 429 g/mol. The summed E-state index contributed by atoms with van der Waals surface area (Å²) in [5.41, 5.74) is 2.94. The summed E-state index contributed by atoms with van der Waals surface area (Å²) in [6.45, 7) is 3.32. The molecule has 0 unspecified atom stereocenters. The van der Waals surface area contributed by atoms with Crippen LogP contribution in [0.25, 0.3) is 0 Å². The summed E-state index contributed by atoms with van der Waals surface area (Å²) >= 11 is 12.6. The number of aryl methyl sites for hydroxylation is 2. The first-order chi connectivity index (χ1) is 14.1. The molecule has 2 aromatic carbocycles. The van der Waals surface area contributed by atoms with Crippen LogP contribution >= 0.6 is 23.2 Å². The van der Waals surface area contributed by atoms with Crippen LogP contribution in [0.3, 0.4) is 0 Å². The lowest BCUT2D eigenvalue weighted by molar-refractivity contribution is 0.317.